The largest absolute Gasteiger partial charge is 0.497 e. The van der Waals surface area contributed by atoms with Crippen molar-refractivity contribution in [2.24, 2.45) is 0 Å². The molecule has 32 heavy (non-hydrogen) atoms. The first-order chi connectivity index (χ1) is 15.3. The minimum atomic E-state index is -3.69. The van der Waals surface area contributed by atoms with Crippen molar-refractivity contribution in [2.75, 3.05) is 25.6 Å². The molecule has 0 saturated carbocycles. The van der Waals surface area contributed by atoms with Crippen LogP contribution in [-0.2, 0) is 10.0 Å². The number of rotatable bonds is 8. The van der Waals surface area contributed by atoms with E-state index in [1.165, 1.54) is 11.4 Å². The molecule has 3 aromatic carbocycles. The molecular formula is C24H26N2O5S. The molecule has 1 atom stereocenters. The van der Waals surface area contributed by atoms with Gasteiger partial charge in [0.25, 0.3) is 15.9 Å². The summed E-state index contributed by atoms with van der Waals surface area (Å²) in [5.74, 6) is 1.01. The fourth-order valence-electron chi connectivity index (χ4n) is 3.25. The van der Waals surface area contributed by atoms with Crippen LogP contribution in [0.3, 0.4) is 0 Å². The molecule has 0 fully saturated rings. The monoisotopic (exact) mass is 454 g/mol. The Morgan fingerprint density at radius 2 is 1.59 bits per heavy atom. The van der Waals surface area contributed by atoms with Crippen LogP contribution in [0.5, 0.6) is 11.5 Å². The summed E-state index contributed by atoms with van der Waals surface area (Å²) in [5.41, 5.74) is 1.64. The minimum absolute atomic E-state index is 0.199. The molecule has 0 aromatic heterocycles. The Hall–Kier alpha value is -3.52. The predicted octanol–water partition coefficient (Wildman–Crippen LogP) is 4.02. The normalized spacial score (nSPS) is 12.0. The summed E-state index contributed by atoms with van der Waals surface area (Å²) < 4.78 is 37.4. The van der Waals surface area contributed by atoms with Crippen molar-refractivity contribution >= 4 is 21.6 Å². The van der Waals surface area contributed by atoms with Gasteiger partial charge in [-0.2, -0.15) is 0 Å². The van der Waals surface area contributed by atoms with Gasteiger partial charge in [-0.05, 0) is 61.5 Å². The SMILES string of the molecule is COc1ccc(OC)c([C@H](C)NC(=O)c2ccc(N(C)S(=O)(=O)c3ccccc3)cc2)c1. The van der Waals surface area contributed by atoms with Gasteiger partial charge < -0.3 is 14.8 Å². The summed E-state index contributed by atoms with van der Waals surface area (Å²) in [5, 5.41) is 2.94. The maximum Gasteiger partial charge on any atom is 0.264 e. The lowest BCUT2D eigenvalue weighted by molar-refractivity contribution is 0.0939. The van der Waals surface area contributed by atoms with Crippen LogP contribution in [0.4, 0.5) is 5.69 Å². The molecule has 168 valence electrons. The molecule has 3 aromatic rings. The van der Waals surface area contributed by atoms with E-state index in [0.29, 0.717) is 22.7 Å². The second-order valence-electron chi connectivity index (χ2n) is 7.14. The molecule has 0 unspecified atom stereocenters. The number of anilines is 1. The minimum Gasteiger partial charge on any atom is -0.497 e. The van der Waals surface area contributed by atoms with Gasteiger partial charge >= 0.3 is 0 Å². The van der Waals surface area contributed by atoms with Gasteiger partial charge in [0.2, 0.25) is 0 Å². The molecule has 0 aliphatic heterocycles. The van der Waals surface area contributed by atoms with Crippen molar-refractivity contribution in [3.63, 3.8) is 0 Å². The van der Waals surface area contributed by atoms with Crippen LogP contribution in [0.15, 0.2) is 77.7 Å². The summed E-state index contributed by atoms with van der Waals surface area (Å²) >= 11 is 0. The molecule has 0 bridgehead atoms. The number of carbonyl (C=O) groups excluding carboxylic acids is 1. The van der Waals surface area contributed by atoms with Crippen molar-refractivity contribution in [3.05, 3.63) is 83.9 Å². The molecule has 3 rings (SSSR count). The number of nitrogens with one attached hydrogen (secondary N) is 1. The van der Waals surface area contributed by atoms with Crippen LogP contribution < -0.4 is 19.1 Å². The molecule has 8 heteroatoms. The van der Waals surface area contributed by atoms with Crippen LogP contribution in [0.1, 0.15) is 28.9 Å². The first kappa shape index (κ1) is 23.1. The number of hydrogen-bond donors (Lipinski definition) is 1. The highest BCUT2D eigenvalue weighted by atomic mass is 32.2. The Kier molecular flexibility index (Phi) is 7.05. The number of nitrogens with zero attached hydrogens (tertiary/aromatic N) is 1. The van der Waals surface area contributed by atoms with Gasteiger partial charge in [0, 0.05) is 18.2 Å². The second-order valence-corrected chi connectivity index (χ2v) is 9.10. The molecule has 0 radical (unpaired) electrons. The third kappa shape index (κ3) is 4.86. The molecule has 0 heterocycles. The van der Waals surface area contributed by atoms with Gasteiger partial charge in [0.15, 0.2) is 0 Å². The average molecular weight is 455 g/mol. The Bertz CT molecular complexity index is 1180. The molecule has 1 N–H and O–H groups in total. The number of hydrogen-bond acceptors (Lipinski definition) is 5. The van der Waals surface area contributed by atoms with Crippen molar-refractivity contribution in [1.29, 1.82) is 0 Å². The lowest BCUT2D eigenvalue weighted by Gasteiger charge is -2.20. The van der Waals surface area contributed by atoms with Gasteiger partial charge in [-0.1, -0.05) is 18.2 Å². The lowest BCUT2D eigenvalue weighted by atomic mass is 10.1. The van der Waals surface area contributed by atoms with Crippen LogP contribution >= 0.6 is 0 Å². The average Bonchev–Trinajstić information content (AvgIpc) is 2.83. The predicted molar refractivity (Wildman–Crippen MR) is 124 cm³/mol. The third-order valence-electron chi connectivity index (χ3n) is 5.15. The zero-order valence-electron chi connectivity index (χ0n) is 18.4. The highest BCUT2D eigenvalue weighted by Crippen LogP contribution is 2.29. The van der Waals surface area contributed by atoms with Gasteiger partial charge in [-0.3, -0.25) is 9.10 Å². The van der Waals surface area contributed by atoms with E-state index < -0.39 is 10.0 Å². The first-order valence-electron chi connectivity index (χ1n) is 9.94. The van der Waals surface area contributed by atoms with Crippen LogP contribution in [0.25, 0.3) is 0 Å². The second kappa shape index (κ2) is 9.74. The number of sulfonamides is 1. The van der Waals surface area contributed by atoms with Crippen molar-refractivity contribution < 1.29 is 22.7 Å². The van der Waals surface area contributed by atoms with Crippen molar-refractivity contribution in [1.82, 2.24) is 5.32 Å². The van der Waals surface area contributed by atoms with E-state index in [9.17, 15) is 13.2 Å². The molecule has 0 spiro atoms. The smallest absolute Gasteiger partial charge is 0.264 e. The van der Waals surface area contributed by atoms with Crippen LogP contribution in [-0.4, -0.2) is 35.6 Å². The Labute approximate surface area is 188 Å². The zero-order chi connectivity index (χ0) is 23.3. The zero-order valence-corrected chi connectivity index (χ0v) is 19.2. The summed E-state index contributed by atoms with van der Waals surface area (Å²) in [6.07, 6.45) is 0. The number of carbonyl (C=O) groups is 1. The van der Waals surface area contributed by atoms with E-state index >= 15 is 0 Å². The number of methoxy groups -OCH3 is 2. The summed E-state index contributed by atoms with van der Waals surface area (Å²) in [4.78, 5) is 13.0. The molecular weight excluding hydrogens is 428 g/mol. The summed E-state index contributed by atoms with van der Waals surface area (Å²) in [7, 11) is 0.936. The lowest BCUT2D eigenvalue weighted by Crippen LogP contribution is -2.28. The van der Waals surface area contributed by atoms with E-state index in [-0.39, 0.29) is 16.8 Å². The topological polar surface area (TPSA) is 84.9 Å². The maximum atomic E-state index is 12.8. The Morgan fingerprint density at radius 3 is 2.19 bits per heavy atom. The Balaban J connectivity index is 1.76. The van der Waals surface area contributed by atoms with E-state index in [1.807, 2.05) is 13.0 Å². The number of ether oxygens (including phenoxy) is 2. The van der Waals surface area contributed by atoms with Gasteiger partial charge in [-0.25, -0.2) is 8.42 Å². The third-order valence-corrected chi connectivity index (χ3v) is 6.95. The molecule has 0 saturated heterocycles. The van der Waals surface area contributed by atoms with E-state index in [4.69, 9.17) is 9.47 Å². The van der Waals surface area contributed by atoms with E-state index in [0.717, 1.165) is 5.56 Å². The fraction of sp³-hybridized carbons (Fsp3) is 0.208. The van der Waals surface area contributed by atoms with Gasteiger partial charge in [0.05, 0.1) is 30.8 Å². The summed E-state index contributed by atoms with van der Waals surface area (Å²) in [6, 6.07) is 19.6. The number of benzene rings is 3. The standard InChI is InChI=1S/C24H26N2O5S/c1-17(22-16-20(30-3)14-15-23(22)31-4)25-24(27)18-10-12-19(13-11-18)26(2)32(28,29)21-8-6-5-7-9-21/h5-17H,1-4H3,(H,25,27)/t17-/m0/s1. The van der Waals surface area contributed by atoms with Crippen molar-refractivity contribution in [3.8, 4) is 11.5 Å². The van der Waals surface area contributed by atoms with E-state index in [2.05, 4.69) is 5.32 Å². The molecule has 0 aliphatic rings. The van der Waals surface area contributed by atoms with Gasteiger partial charge in [0.1, 0.15) is 11.5 Å². The Morgan fingerprint density at radius 1 is 0.938 bits per heavy atom. The van der Waals surface area contributed by atoms with Gasteiger partial charge in [-0.15, -0.1) is 0 Å². The highest BCUT2D eigenvalue weighted by Gasteiger charge is 2.21. The quantitative estimate of drug-likeness (QED) is 0.556. The molecule has 1 amide bonds. The van der Waals surface area contributed by atoms with Crippen LogP contribution in [0.2, 0.25) is 0 Å². The fourth-order valence-corrected chi connectivity index (χ4v) is 4.46. The molecule has 7 nitrogen and oxygen atoms in total. The summed E-state index contributed by atoms with van der Waals surface area (Å²) in [6.45, 7) is 1.85. The highest BCUT2D eigenvalue weighted by molar-refractivity contribution is 7.92. The van der Waals surface area contributed by atoms with Crippen LogP contribution in [0, 0.1) is 0 Å². The van der Waals surface area contributed by atoms with E-state index in [1.54, 1.807) is 80.9 Å². The maximum absolute atomic E-state index is 12.8. The molecule has 0 aliphatic carbocycles. The first-order valence-corrected chi connectivity index (χ1v) is 11.4. The number of amides is 1. The van der Waals surface area contributed by atoms with Crippen molar-refractivity contribution in [2.45, 2.75) is 17.9 Å².